The monoisotopic (exact) mass is 421 g/mol. The van der Waals surface area contributed by atoms with Crippen LogP contribution in [-0.4, -0.2) is 31.6 Å². The number of primary amides is 1. The summed E-state index contributed by atoms with van der Waals surface area (Å²) in [7, 11) is 0. The van der Waals surface area contributed by atoms with Crippen molar-refractivity contribution >= 4 is 17.6 Å². The van der Waals surface area contributed by atoms with Gasteiger partial charge in [-0.2, -0.15) is 5.26 Å². The maximum Gasteiger partial charge on any atom is 0.315 e. The van der Waals surface area contributed by atoms with E-state index in [4.69, 9.17) is 15.7 Å². The van der Waals surface area contributed by atoms with Crippen molar-refractivity contribution in [3.05, 3.63) is 59.7 Å². The predicted octanol–water partition coefficient (Wildman–Crippen LogP) is 2.29. The normalized spacial score (nSPS) is 15.6. The second-order valence-corrected chi connectivity index (χ2v) is 7.45. The van der Waals surface area contributed by atoms with Crippen molar-refractivity contribution in [1.29, 1.82) is 5.26 Å². The minimum absolute atomic E-state index is 0.0199. The van der Waals surface area contributed by atoms with E-state index in [1.54, 1.807) is 12.1 Å². The van der Waals surface area contributed by atoms with Crippen LogP contribution in [0.15, 0.2) is 48.5 Å². The molecule has 8 heteroatoms. The average Bonchev–Trinajstić information content (AvgIpc) is 2.80. The van der Waals surface area contributed by atoms with E-state index in [0.29, 0.717) is 25.4 Å². The van der Waals surface area contributed by atoms with Gasteiger partial charge in [-0.05, 0) is 42.2 Å². The van der Waals surface area contributed by atoms with Crippen LogP contribution in [0.3, 0.4) is 0 Å². The largest absolute Gasteiger partial charge is 0.479 e. The van der Waals surface area contributed by atoms with Gasteiger partial charge in [-0.25, -0.2) is 4.79 Å². The number of ether oxygens (including phenoxy) is 1. The molecule has 2 aromatic carbocycles. The third kappa shape index (κ3) is 6.37. The molecule has 2 aromatic rings. The van der Waals surface area contributed by atoms with Crippen molar-refractivity contribution in [1.82, 2.24) is 10.6 Å². The molecule has 1 unspecified atom stereocenters. The van der Waals surface area contributed by atoms with Crippen LogP contribution >= 0.6 is 0 Å². The highest BCUT2D eigenvalue weighted by atomic mass is 16.5. The van der Waals surface area contributed by atoms with E-state index >= 15 is 0 Å². The van der Waals surface area contributed by atoms with Crippen LogP contribution in [0, 0.1) is 17.2 Å². The van der Waals surface area contributed by atoms with Crippen LogP contribution in [-0.2, 0) is 17.9 Å². The van der Waals surface area contributed by atoms with E-state index in [9.17, 15) is 9.59 Å². The summed E-state index contributed by atoms with van der Waals surface area (Å²) in [5.74, 6) is 0.179. The van der Waals surface area contributed by atoms with E-state index in [0.717, 1.165) is 36.2 Å². The number of piperidine rings is 1. The quantitative estimate of drug-likeness (QED) is 0.604. The van der Waals surface area contributed by atoms with Crippen LogP contribution in [0.2, 0.25) is 0 Å². The second kappa shape index (κ2) is 10.9. The van der Waals surface area contributed by atoms with Crippen molar-refractivity contribution in [2.45, 2.75) is 25.9 Å². The summed E-state index contributed by atoms with van der Waals surface area (Å²) in [4.78, 5) is 26.1. The highest BCUT2D eigenvalue weighted by Gasteiger charge is 2.25. The van der Waals surface area contributed by atoms with Crippen LogP contribution in [0.25, 0.3) is 0 Å². The predicted molar refractivity (Wildman–Crippen MR) is 117 cm³/mol. The first-order chi connectivity index (χ1) is 15.1. The number of anilines is 1. The fraction of sp³-hybridized carbons (Fsp3) is 0.348. The van der Waals surface area contributed by atoms with Gasteiger partial charge in [0.2, 0.25) is 5.91 Å². The molecule has 1 aliphatic rings. The molecule has 0 bridgehead atoms. The molecule has 0 aliphatic carbocycles. The molecular weight excluding hydrogens is 394 g/mol. The van der Waals surface area contributed by atoms with Crippen LogP contribution in [0.5, 0.6) is 5.75 Å². The van der Waals surface area contributed by atoms with E-state index in [-0.39, 0.29) is 24.5 Å². The number of amides is 3. The Labute approximate surface area is 182 Å². The van der Waals surface area contributed by atoms with Gasteiger partial charge < -0.3 is 26.0 Å². The fourth-order valence-electron chi connectivity index (χ4n) is 3.68. The van der Waals surface area contributed by atoms with Crippen LogP contribution < -0.4 is 26.0 Å². The molecule has 162 valence electrons. The number of carbonyl (C=O) groups excluding carboxylic acids is 2. The summed E-state index contributed by atoms with van der Waals surface area (Å²) in [6.45, 7) is 2.14. The number of urea groups is 1. The van der Waals surface area contributed by atoms with Gasteiger partial charge in [-0.3, -0.25) is 4.79 Å². The fourth-order valence-corrected chi connectivity index (χ4v) is 3.68. The molecule has 31 heavy (non-hydrogen) atoms. The van der Waals surface area contributed by atoms with Crippen molar-refractivity contribution in [3.63, 3.8) is 0 Å². The molecule has 0 spiro atoms. The third-order valence-corrected chi connectivity index (χ3v) is 5.25. The summed E-state index contributed by atoms with van der Waals surface area (Å²) >= 11 is 0. The van der Waals surface area contributed by atoms with Gasteiger partial charge in [0, 0.05) is 31.9 Å². The van der Waals surface area contributed by atoms with Gasteiger partial charge in [0.15, 0.2) is 6.61 Å². The number of carbonyl (C=O) groups is 2. The summed E-state index contributed by atoms with van der Waals surface area (Å²) in [5, 5.41) is 14.3. The Kier molecular flexibility index (Phi) is 7.71. The summed E-state index contributed by atoms with van der Waals surface area (Å²) in [6, 6.07) is 16.7. The maximum absolute atomic E-state index is 12.3. The number of rotatable bonds is 8. The summed E-state index contributed by atoms with van der Waals surface area (Å²) in [5.41, 5.74) is 8.37. The molecule has 0 radical (unpaired) electrons. The van der Waals surface area contributed by atoms with Crippen molar-refractivity contribution in [3.8, 4) is 11.8 Å². The number of hydrogen-bond acceptors (Lipinski definition) is 5. The summed E-state index contributed by atoms with van der Waals surface area (Å²) in [6.07, 6.45) is 1.73. The minimum Gasteiger partial charge on any atom is -0.479 e. The second-order valence-electron chi connectivity index (χ2n) is 7.45. The number of hydrogen-bond donors (Lipinski definition) is 3. The van der Waals surface area contributed by atoms with Gasteiger partial charge in [-0.15, -0.1) is 0 Å². The molecule has 1 aliphatic heterocycles. The lowest BCUT2D eigenvalue weighted by atomic mass is 9.96. The van der Waals surface area contributed by atoms with Gasteiger partial charge in [-0.1, -0.05) is 30.3 Å². The molecule has 4 N–H and O–H groups in total. The van der Waals surface area contributed by atoms with Gasteiger partial charge in [0.05, 0.1) is 5.92 Å². The van der Waals surface area contributed by atoms with Crippen molar-refractivity contribution in [2.24, 2.45) is 11.7 Å². The van der Waals surface area contributed by atoms with Crippen LogP contribution in [0.4, 0.5) is 10.5 Å². The minimum atomic E-state index is -0.285. The first kappa shape index (κ1) is 22.0. The zero-order valence-corrected chi connectivity index (χ0v) is 17.3. The summed E-state index contributed by atoms with van der Waals surface area (Å²) < 4.78 is 5.28. The first-order valence-electron chi connectivity index (χ1n) is 10.3. The van der Waals surface area contributed by atoms with E-state index in [2.05, 4.69) is 15.5 Å². The molecule has 1 saturated heterocycles. The Balaban J connectivity index is 1.54. The molecule has 0 aromatic heterocycles. The lowest BCUT2D eigenvalue weighted by molar-refractivity contribution is -0.122. The van der Waals surface area contributed by atoms with E-state index in [1.807, 2.05) is 42.5 Å². The molecule has 0 saturated carbocycles. The number of nitrogens with zero attached hydrogens (tertiary/aromatic N) is 2. The zero-order valence-electron chi connectivity index (χ0n) is 17.3. The highest BCUT2D eigenvalue weighted by molar-refractivity contribution is 5.78. The lowest BCUT2D eigenvalue weighted by Gasteiger charge is -2.34. The smallest absolute Gasteiger partial charge is 0.315 e. The third-order valence-electron chi connectivity index (χ3n) is 5.25. The van der Waals surface area contributed by atoms with Gasteiger partial charge in [0.25, 0.3) is 0 Å². The first-order valence-corrected chi connectivity index (χ1v) is 10.3. The molecule has 1 fully saturated rings. The number of nitrogens with two attached hydrogens (primary N) is 1. The molecule has 3 rings (SSSR count). The van der Waals surface area contributed by atoms with E-state index in [1.165, 1.54) is 0 Å². The highest BCUT2D eigenvalue weighted by Crippen LogP contribution is 2.26. The Morgan fingerprint density at radius 3 is 2.77 bits per heavy atom. The average molecular weight is 422 g/mol. The Bertz CT molecular complexity index is 956. The number of benzene rings is 2. The number of nitrogens with one attached hydrogen (secondary N) is 2. The van der Waals surface area contributed by atoms with Gasteiger partial charge in [0.1, 0.15) is 11.8 Å². The van der Waals surface area contributed by atoms with Gasteiger partial charge >= 0.3 is 6.03 Å². The van der Waals surface area contributed by atoms with Crippen molar-refractivity contribution < 1.29 is 14.3 Å². The maximum atomic E-state index is 12.3. The Hall–Kier alpha value is -3.73. The standard InChI is InChI=1S/C23H27N5O3/c24-10-12-31-20-8-3-5-17(13-20)14-26-23(30)27-15-18-6-1-2-9-21(18)28-11-4-7-19(16-28)22(25)29/h1-3,5-6,8-9,13,19H,4,7,11-12,14-16H2,(H2,25,29)(H2,26,27,30). The molecule has 3 amide bonds. The van der Waals surface area contributed by atoms with Crippen LogP contribution in [0.1, 0.15) is 24.0 Å². The molecule has 1 heterocycles. The number of nitriles is 1. The molecular formula is C23H27N5O3. The van der Waals surface area contributed by atoms with E-state index < -0.39 is 0 Å². The SMILES string of the molecule is N#CCOc1cccc(CNC(=O)NCc2ccccc2N2CCCC(C(N)=O)C2)c1. The Morgan fingerprint density at radius 1 is 1.16 bits per heavy atom. The Morgan fingerprint density at radius 2 is 1.97 bits per heavy atom. The lowest BCUT2D eigenvalue weighted by Crippen LogP contribution is -2.42. The topological polar surface area (TPSA) is 120 Å². The zero-order chi connectivity index (χ0) is 22.1. The number of para-hydroxylation sites is 1. The van der Waals surface area contributed by atoms with Crippen molar-refractivity contribution in [2.75, 3.05) is 24.6 Å². The molecule has 8 nitrogen and oxygen atoms in total. The molecule has 1 atom stereocenters.